The fraction of sp³-hybridized carbons (Fsp3) is 0.667. The predicted molar refractivity (Wildman–Crippen MR) is 43.7 cm³/mol. The summed E-state index contributed by atoms with van der Waals surface area (Å²) in [7, 11) is 0. The SMILES string of the molecule is C/C(=N\O)[C@H]1C[C@H]2C=C[C@H]1C2. The van der Waals surface area contributed by atoms with Gasteiger partial charge in [-0.2, -0.15) is 0 Å². The maximum atomic E-state index is 8.59. The lowest BCUT2D eigenvalue weighted by atomic mass is 9.90. The first-order valence-electron chi connectivity index (χ1n) is 4.18. The highest BCUT2D eigenvalue weighted by Gasteiger charge is 2.37. The molecular weight excluding hydrogens is 138 g/mol. The Kier molecular flexibility index (Phi) is 1.48. The molecule has 3 atom stereocenters. The second-order valence-corrected chi connectivity index (χ2v) is 3.63. The van der Waals surface area contributed by atoms with E-state index in [-0.39, 0.29) is 0 Å². The summed E-state index contributed by atoms with van der Waals surface area (Å²) < 4.78 is 0. The molecule has 0 radical (unpaired) electrons. The fourth-order valence-corrected chi connectivity index (χ4v) is 2.34. The monoisotopic (exact) mass is 151 g/mol. The van der Waals surface area contributed by atoms with Crippen LogP contribution in [0.15, 0.2) is 17.3 Å². The van der Waals surface area contributed by atoms with Crippen LogP contribution in [0.1, 0.15) is 19.8 Å². The molecule has 2 aliphatic rings. The molecule has 2 rings (SSSR count). The van der Waals surface area contributed by atoms with Gasteiger partial charge in [-0.25, -0.2) is 0 Å². The maximum Gasteiger partial charge on any atom is 0.0576 e. The van der Waals surface area contributed by atoms with Crippen molar-refractivity contribution in [3.63, 3.8) is 0 Å². The van der Waals surface area contributed by atoms with Gasteiger partial charge in [0, 0.05) is 5.92 Å². The second kappa shape index (κ2) is 2.36. The van der Waals surface area contributed by atoms with Crippen molar-refractivity contribution in [3.8, 4) is 0 Å². The third-order valence-electron chi connectivity index (χ3n) is 2.97. The van der Waals surface area contributed by atoms with Crippen molar-refractivity contribution in [1.82, 2.24) is 0 Å². The smallest absolute Gasteiger partial charge is 0.0576 e. The minimum Gasteiger partial charge on any atom is -0.411 e. The van der Waals surface area contributed by atoms with E-state index in [1.54, 1.807) is 0 Å². The number of allylic oxidation sites excluding steroid dienone is 2. The van der Waals surface area contributed by atoms with Gasteiger partial charge < -0.3 is 5.21 Å². The molecule has 2 bridgehead atoms. The van der Waals surface area contributed by atoms with Crippen LogP contribution >= 0.6 is 0 Å². The lowest BCUT2D eigenvalue weighted by molar-refractivity contribution is 0.312. The lowest BCUT2D eigenvalue weighted by Crippen LogP contribution is -2.15. The Balaban J connectivity index is 2.14. The lowest BCUT2D eigenvalue weighted by Gasteiger charge is -2.15. The van der Waals surface area contributed by atoms with E-state index in [4.69, 9.17) is 5.21 Å². The maximum absolute atomic E-state index is 8.59. The van der Waals surface area contributed by atoms with Crippen LogP contribution in [-0.2, 0) is 0 Å². The van der Waals surface area contributed by atoms with E-state index >= 15 is 0 Å². The molecule has 0 aromatic heterocycles. The Morgan fingerprint density at radius 2 is 2.27 bits per heavy atom. The summed E-state index contributed by atoms with van der Waals surface area (Å²) in [5, 5.41) is 11.9. The molecule has 0 saturated heterocycles. The molecule has 0 aliphatic heterocycles. The number of rotatable bonds is 1. The molecule has 1 saturated carbocycles. The van der Waals surface area contributed by atoms with Crippen molar-refractivity contribution < 1.29 is 5.21 Å². The van der Waals surface area contributed by atoms with Crippen LogP contribution < -0.4 is 0 Å². The Morgan fingerprint density at radius 1 is 1.45 bits per heavy atom. The van der Waals surface area contributed by atoms with Crippen molar-refractivity contribution in [2.75, 3.05) is 0 Å². The Labute approximate surface area is 66.6 Å². The second-order valence-electron chi connectivity index (χ2n) is 3.63. The number of nitrogens with zero attached hydrogens (tertiary/aromatic N) is 1. The summed E-state index contributed by atoms with van der Waals surface area (Å²) in [4.78, 5) is 0. The number of hydrogen-bond donors (Lipinski definition) is 1. The van der Waals surface area contributed by atoms with E-state index in [0.717, 1.165) is 11.6 Å². The summed E-state index contributed by atoms with van der Waals surface area (Å²) in [5.74, 6) is 1.95. The van der Waals surface area contributed by atoms with Gasteiger partial charge in [-0.3, -0.25) is 0 Å². The van der Waals surface area contributed by atoms with Crippen molar-refractivity contribution >= 4 is 5.71 Å². The standard InChI is InChI=1S/C9H13NO/c1-6(10-11)9-5-7-2-3-8(9)4-7/h2-3,7-9,11H,4-5H2,1H3/b10-6+/t7-,8-,9+/m0/s1. The van der Waals surface area contributed by atoms with Crippen LogP contribution in [0.5, 0.6) is 0 Å². The minimum absolute atomic E-state index is 0.523. The van der Waals surface area contributed by atoms with E-state index in [1.165, 1.54) is 12.8 Å². The topological polar surface area (TPSA) is 32.6 Å². The van der Waals surface area contributed by atoms with Gasteiger partial charge in [-0.1, -0.05) is 17.3 Å². The van der Waals surface area contributed by atoms with Crippen LogP contribution in [-0.4, -0.2) is 10.9 Å². The van der Waals surface area contributed by atoms with Crippen molar-refractivity contribution in [3.05, 3.63) is 12.2 Å². The first-order valence-corrected chi connectivity index (χ1v) is 4.18. The third kappa shape index (κ3) is 0.971. The van der Waals surface area contributed by atoms with Crippen molar-refractivity contribution in [2.24, 2.45) is 22.9 Å². The molecule has 0 amide bonds. The number of hydrogen-bond acceptors (Lipinski definition) is 2. The van der Waals surface area contributed by atoms with Gasteiger partial charge in [0.05, 0.1) is 5.71 Å². The normalized spacial score (nSPS) is 41.9. The summed E-state index contributed by atoms with van der Waals surface area (Å²) in [6, 6.07) is 0. The zero-order chi connectivity index (χ0) is 7.84. The average molecular weight is 151 g/mol. The van der Waals surface area contributed by atoms with Crippen molar-refractivity contribution in [1.29, 1.82) is 0 Å². The molecule has 60 valence electrons. The summed E-state index contributed by atoms with van der Waals surface area (Å²) in [6.45, 7) is 1.92. The van der Waals surface area contributed by atoms with E-state index in [2.05, 4.69) is 17.3 Å². The molecule has 0 spiro atoms. The quantitative estimate of drug-likeness (QED) is 0.264. The molecule has 2 heteroatoms. The van der Waals surface area contributed by atoms with Crippen molar-refractivity contribution in [2.45, 2.75) is 19.8 Å². The average Bonchev–Trinajstić information content (AvgIpc) is 2.62. The van der Waals surface area contributed by atoms with E-state index in [1.807, 2.05) is 6.92 Å². The minimum atomic E-state index is 0.523. The van der Waals surface area contributed by atoms with Gasteiger partial charge in [-0.15, -0.1) is 0 Å². The van der Waals surface area contributed by atoms with Crippen LogP contribution in [0.25, 0.3) is 0 Å². The number of oxime groups is 1. The Hall–Kier alpha value is -0.790. The van der Waals surface area contributed by atoms with Gasteiger partial charge in [0.15, 0.2) is 0 Å². The van der Waals surface area contributed by atoms with Gasteiger partial charge >= 0.3 is 0 Å². The van der Waals surface area contributed by atoms with Gasteiger partial charge in [-0.05, 0) is 31.6 Å². The van der Waals surface area contributed by atoms with Gasteiger partial charge in [0.2, 0.25) is 0 Å². The van der Waals surface area contributed by atoms with Crippen LogP contribution in [0.3, 0.4) is 0 Å². The summed E-state index contributed by atoms with van der Waals surface area (Å²) in [6.07, 6.45) is 7.04. The molecule has 0 heterocycles. The fourth-order valence-electron chi connectivity index (χ4n) is 2.34. The molecule has 2 aliphatic carbocycles. The molecular formula is C9H13NO. The molecule has 0 unspecified atom stereocenters. The highest BCUT2D eigenvalue weighted by atomic mass is 16.4. The van der Waals surface area contributed by atoms with E-state index in [9.17, 15) is 0 Å². The largest absolute Gasteiger partial charge is 0.411 e. The molecule has 1 N–H and O–H groups in total. The first kappa shape index (κ1) is 6.89. The summed E-state index contributed by atoms with van der Waals surface area (Å²) in [5.41, 5.74) is 0.904. The van der Waals surface area contributed by atoms with Gasteiger partial charge in [0.25, 0.3) is 0 Å². The third-order valence-corrected chi connectivity index (χ3v) is 2.97. The summed E-state index contributed by atoms with van der Waals surface area (Å²) >= 11 is 0. The van der Waals surface area contributed by atoms with E-state index in [0.29, 0.717) is 11.8 Å². The molecule has 0 aromatic rings. The molecule has 0 aromatic carbocycles. The zero-order valence-electron chi connectivity index (χ0n) is 6.70. The van der Waals surface area contributed by atoms with Crippen LogP contribution in [0.4, 0.5) is 0 Å². The number of fused-ring (bicyclic) bond motifs is 2. The van der Waals surface area contributed by atoms with E-state index < -0.39 is 0 Å². The highest BCUT2D eigenvalue weighted by Crippen LogP contribution is 2.43. The zero-order valence-corrected chi connectivity index (χ0v) is 6.70. The van der Waals surface area contributed by atoms with Gasteiger partial charge in [0.1, 0.15) is 0 Å². The molecule has 11 heavy (non-hydrogen) atoms. The Bertz CT molecular complexity index is 220. The predicted octanol–water partition coefficient (Wildman–Crippen LogP) is 2.05. The molecule has 1 fully saturated rings. The van der Waals surface area contributed by atoms with Crippen LogP contribution in [0, 0.1) is 17.8 Å². The highest BCUT2D eigenvalue weighted by molar-refractivity contribution is 5.84. The first-order chi connectivity index (χ1) is 5.31. The molecule has 2 nitrogen and oxygen atoms in total. The Morgan fingerprint density at radius 3 is 2.73 bits per heavy atom. The van der Waals surface area contributed by atoms with Crippen LogP contribution in [0.2, 0.25) is 0 Å².